The maximum atomic E-state index is 4.07. The Bertz CT molecular complexity index is 553. The van der Waals surface area contributed by atoms with Crippen LogP contribution >= 0.6 is 0 Å². The zero-order valence-electron chi connectivity index (χ0n) is 12.1. The van der Waals surface area contributed by atoms with Gasteiger partial charge in [-0.05, 0) is 37.6 Å². The number of hydrogen-bond acceptors (Lipinski definition) is 2. The molecule has 98 valence electrons. The molecule has 0 bridgehead atoms. The lowest BCUT2D eigenvalue weighted by atomic mass is 10.0. The van der Waals surface area contributed by atoms with Gasteiger partial charge in [0.05, 0.1) is 0 Å². The molecule has 1 aliphatic heterocycles. The van der Waals surface area contributed by atoms with E-state index in [9.17, 15) is 0 Å². The first-order valence-corrected chi connectivity index (χ1v) is 6.45. The zero-order chi connectivity index (χ0) is 13.9. The second-order valence-corrected chi connectivity index (χ2v) is 4.87. The number of anilines is 1. The standard InChI is InChI=1S/C14H18N2.C2H6/c1-9(2)13-12-10(3)7-6-8-11(12)15-14(4,5)16-13;1-2/h6-8,15-16H,1,3H2,2,4-5H3;1-2H3. The molecule has 0 aromatic heterocycles. The third-order valence-electron chi connectivity index (χ3n) is 2.71. The molecule has 2 rings (SSSR count). The van der Waals surface area contributed by atoms with Gasteiger partial charge in [-0.25, -0.2) is 0 Å². The molecule has 1 aromatic rings. The van der Waals surface area contributed by atoms with E-state index in [0.29, 0.717) is 0 Å². The fraction of sp³-hybridized carbons (Fsp3) is 0.375. The molecule has 1 aromatic carbocycles. The van der Waals surface area contributed by atoms with E-state index in [4.69, 9.17) is 0 Å². The maximum absolute atomic E-state index is 4.07. The van der Waals surface area contributed by atoms with Gasteiger partial charge < -0.3 is 10.6 Å². The van der Waals surface area contributed by atoms with Crippen molar-refractivity contribution in [3.63, 3.8) is 0 Å². The number of rotatable bonds is 1. The summed E-state index contributed by atoms with van der Waals surface area (Å²) in [5.74, 6) is 0. The monoisotopic (exact) mass is 244 g/mol. The Balaban J connectivity index is 0.000000771. The molecule has 0 fully saturated rings. The minimum absolute atomic E-state index is 0.158. The van der Waals surface area contributed by atoms with E-state index in [0.717, 1.165) is 27.4 Å². The molecule has 0 saturated heterocycles. The molecule has 1 aliphatic rings. The summed E-state index contributed by atoms with van der Waals surface area (Å²) in [6, 6.07) is 6.12. The lowest BCUT2D eigenvalue weighted by Gasteiger charge is -2.36. The topological polar surface area (TPSA) is 24.1 Å². The molecule has 18 heavy (non-hydrogen) atoms. The second-order valence-electron chi connectivity index (χ2n) is 4.87. The number of nitrogens with one attached hydrogen (secondary N) is 2. The fourth-order valence-corrected chi connectivity index (χ4v) is 2.06. The molecule has 0 unspecified atom stereocenters. The average molecular weight is 244 g/mol. The minimum Gasteiger partial charge on any atom is -0.363 e. The first kappa shape index (κ1) is 14.4. The maximum Gasteiger partial charge on any atom is 0.102 e. The molecule has 0 saturated carbocycles. The van der Waals surface area contributed by atoms with Crippen LogP contribution in [0.2, 0.25) is 0 Å². The van der Waals surface area contributed by atoms with Crippen LogP contribution < -0.4 is 21.1 Å². The van der Waals surface area contributed by atoms with Gasteiger partial charge in [-0.1, -0.05) is 39.1 Å². The van der Waals surface area contributed by atoms with Crippen LogP contribution in [0.25, 0.3) is 12.3 Å². The summed E-state index contributed by atoms with van der Waals surface area (Å²) < 4.78 is 0. The van der Waals surface area contributed by atoms with Crippen LogP contribution in [0.5, 0.6) is 0 Å². The van der Waals surface area contributed by atoms with Crippen LogP contribution in [-0.2, 0) is 0 Å². The zero-order valence-corrected chi connectivity index (χ0v) is 12.1. The lowest BCUT2D eigenvalue weighted by molar-refractivity contribution is 0.508. The number of benzene rings is 1. The predicted octanol–water partition coefficient (Wildman–Crippen LogP) is 2.56. The normalized spacial score (nSPS) is 15.5. The van der Waals surface area contributed by atoms with E-state index in [1.165, 1.54) is 0 Å². The molecule has 0 aliphatic carbocycles. The quantitative estimate of drug-likeness (QED) is 0.793. The van der Waals surface area contributed by atoms with Gasteiger partial charge >= 0.3 is 0 Å². The van der Waals surface area contributed by atoms with Crippen molar-refractivity contribution in [2.24, 2.45) is 0 Å². The molecular weight excluding hydrogens is 220 g/mol. The molecular formula is C16H24N2. The van der Waals surface area contributed by atoms with Crippen LogP contribution in [0, 0.1) is 0 Å². The lowest BCUT2D eigenvalue weighted by Crippen LogP contribution is -2.54. The highest BCUT2D eigenvalue weighted by Gasteiger charge is 2.24. The van der Waals surface area contributed by atoms with Crippen molar-refractivity contribution < 1.29 is 0 Å². The van der Waals surface area contributed by atoms with Gasteiger partial charge in [0.2, 0.25) is 0 Å². The molecule has 2 N–H and O–H groups in total. The van der Waals surface area contributed by atoms with Gasteiger partial charge in [-0.15, -0.1) is 0 Å². The Morgan fingerprint density at radius 1 is 1.17 bits per heavy atom. The average Bonchev–Trinajstić information content (AvgIpc) is 2.29. The van der Waals surface area contributed by atoms with Crippen molar-refractivity contribution >= 4 is 18.0 Å². The van der Waals surface area contributed by atoms with Crippen molar-refractivity contribution in [2.75, 3.05) is 5.32 Å². The van der Waals surface area contributed by atoms with E-state index < -0.39 is 0 Å². The second kappa shape index (κ2) is 5.30. The summed E-state index contributed by atoms with van der Waals surface area (Å²) in [7, 11) is 0. The van der Waals surface area contributed by atoms with Crippen molar-refractivity contribution in [1.82, 2.24) is 5.32 Å². The van der Waals surface area contributed by atoms with E-state index in [1.807, 2.05) is 32.9 Å². The molecule has 2 nitrogen and oxygen atoms in total. The van der Waals surface area contributed by atoms with E-state index >= 15 is 0 Å². The van der Waals surface area contributed by atoms with Gasteiger partial charge in [0, 0.05) is 16.6 Å². The first-order chi connectivity index (χ1) is 8.41. The Labute approximate surface area is 110 Å². The summed E-state index contributed by atoms with van der Waals surface area (Å²) in [5.41, 5.74) is 3.08. The van der Waals surface area contributed by atoms with Gasteiger partial charge in [-0.3, -0.25) is 0 Å². The minimum atomic E-state index is -0.158. The van der Waals surface area contributed by atoms with Crippen molar-refractivity contribution in [1.29, 1.82) is 0 Å². The Kier molecular flexibility index (Phi) is 4.23. The van der Waals surface area contributed by atoms with Crippen molar-refractivity contribution in [3.8, 4) is 0 Å². The Morgan fingerprint density at radius 3 is 2.33 bits per heavy atom. The molecule has 1 heterocycles. The smallest absolute Gasteiger partial charge is 0.102 e. The van der Waals surface area contributed by atoms with E-state index in [-0.39, 0.29) is 5.66 Å². The van der Waals surface area contributed by atoms with Crippen molar-refractivity contribution in [2.45, 2.75) is 40.3 Å². The van der Waals surface area contributed by atoms with Crippen LogP contribution in [-0.4, -0.2) is 5.66 Å². The molecule has 0 amide bonds. The Hall–Kier alpha value is -1.70. The summed E-state index contributed by atoms with van der Waals surface area (Å²) in [6.45, 7) is 18.3. The SMILES string of the molecule is C=C(C)C1=c2c(cccc2=C)NC(C)(C)N1.CC. The predicted molar refractivity (Wildman–Crippen MR) is 81.6 cm³/mol. The summed E-state index contributed by atoms with van der Waals surface area (Å²) in [5, 5.41) is 9.06. The molecule has 0 atom stereocenters. The van der Waals surface area contributed by atoms with Gasteiger partial charge in [0.25, 0.3) is 0 Å². The highest BCUT2D eigenvalue weighted by molar-refractivity contribution is 5.70. The highest BCUT2D eigenvalue weighted by atomic mass is 15.2. The highest BCUT2D eigenvalue weighted by Crippen LogP contribution is 2.18. The van der Waals surface area contributed by atoms with Gasteiger partial charge in [0.1, 0.15) is 5.66 Å². The Morgan fingerprint density at radius 2 is 1.78 bits per heavy atom. The van der Waals surface area contributed by atoms with Crippen LogP contribution in [0.3, 0.4) is 0 Å². The van der Waals surface area contributed by atoms with Crippen LogP contribution in [0.1, 0.15) is 34.6 Å². The van der Waals surface area contributed by atoms with Crippen LogP contribution in [0.4, 0.5) is 5.69 Å². The van der Waals surface area contributed by atoms with Gasteiger partial charge in [-0.2, -0.15) is 0 Å². The van der Waals surface area contributed by atoms with Crippen molar-refractivity contribution in [3.05, 3.63) is 40.8 Å². The van der Waals surface area contributed by atoms with E-state index in [1.54, 1.807) is 0 Å². The fourth-order valence-electron chi connectivity index (χ4n) is 2.06. The van der Waals surface area contributed by atoms with Gasteiger partial charge in [0.15, 0.2) is 0 Å². The first-order valence-electron chi connectivity index (χ1n) is 6.45. The third kappa shape index (κ3) is 2.76. The third-order valence-corrected chi connectivity index (χ3v) is 2.71. The number of fused-ring (bicyclic) bond motifs is 1. The molecule has 2 heteroatoms. The molecule has 0 radical (unpaired) electrons. The molecule has 0 spiro atoms. The number of hydrogen-bond donors (Lipinski definition) is 2. The largest absolute Gasteiger partial charge is 0.363 e. The van der Waals surface area contributed by atoms with Crippen LogP contribution in [0.15, 0.2) is 30.4 Å². The summed E-state index contributed by atoms with van der Waals surface area (Å²) in [6.07, 6.45) is 0. The summed E-state index contributed by atoms with van der Waals surface area (Å²) in [4.78, 5) is 0. The summed E-state index contributed by atoms with van der Waals surface area (Å²) >= 11 is 0. The van der Waals surface area contributed by atoms with E-state index in [2.05, 4.69) is 43.7 Å².